The Hall–Kier alpha value is -2.84. The lowest BCUT2D eigenvalue weighted by Gasteiger charge is -2.22. The van der Waals surface area contributed by atoms with E-state index in [0.717, 1.165) is 10.6 Å². The van der Waals surface area contributed by atoms with Crippen molar-refractivity contribution < 1.29 is 14.4 Å². The lowest BCUT2D eigenvalue weighted by atomic mass is 9.92. The summed E-state index contributed by atoms with van der Waals surface area (Å²) in [5, 5.41) is 3.42. The van der Waals surface area contributed by atoms with Crippen molar-refractivity contribution in [3.63, 3.8) is 0 Å². The summed E-state index contributed by atoms with van der Waals surface area (Å²) in [7, 11) is 1.81. The molecule has 1 heterocycles. The van der Waals surface area contributed by atoms with E-state index in [2.05, 4.69) is 10.7 Å². The molecule has 2 aromatic carbocycles. The topological polar surface area (TPSA) is 81.8 Å². The zero-order valence-electron chi connectivity index (χ0n) is 16.6. The number of rotatable bonds is 7. The van der Waals surface area contributed by atoms with E-state index in [9.17, 15) is 14.4 Å². The molecule has 29 heavy (non-hydrogen) atoms. The minimum absolute atomic E-state index is 0.0450. The molecular weight excluding hydrogens is 388 g/mol. The minimum Gasteiger partial charge on any atom is -0.318 e. The van der Waals surface area contributed by atoms with E-state index in [0.29, 0.717) is 12.1 Å². The van der Waals surface area contributed by atoms with Crippen LogP contribution in [0.3, 0.4) is 0 Å². The summed E-state index contributed by atoms with van der Waals surface area (Å²) in [6, 6.07) is 16.4. The van der Waals surface area contributed by atoms with Crippen LogP contribution in [0.4, 0.5) is 4.79 Å². The zero-order chi connectivity index (χ0) is 21.0. The van der Waals surface area contributed by atoms with E-state index in [1.807, 2.05) is 48.5 Å². The first-order valence-electron chi connectivity index (χ1n) is 9.16. The summed E-state index contributed by atoms with van der Waals surface area (Å²) >= 11 is 1.67. The lowest BCUT2D eigenvalue weighted by Crippen LogP contribution is -2.50. The number of thioether (sulfide) groups is 1. The van der Waals surface area contributed by atoms with Crippen molar-refractivity contribution in [3.8, 4) is 0 Å². The molecule has 1 fully saturated rings. The number of hydrazine groups is 1. The summed E-state index contributed by atoms with van der Waals surface area (Å²) in [5.41, 5.74) is 2.94. The molecular formula is C21H24N4O3S. The highest BCUT2D eigenvalue weighted by atomic mass is 32.2. The molecule has 4 amide bonds. The number of carbonyl (C=O) groups excluding carboxylic acids is 3. The Bertz CT molecular complexity index is 904. The van der Waals surface area contributed by atoms with Crippen LogP contribution in [0.2, 0.25) is 0 Å². The first-order valence-corrected chi connectivity index (χ1v) is 10.4. The Morgan fingerprint density at radius 2 is 1.79 bits per heavy atom. The van der Waals surface area contributed by atoms with Gasteiger partial charge in [-0.25, -0.2) is 4.79 Å². The maximum absolute atomic E-state index is 12.8. The fourth-order valence-electron chi connectivity index (χ4n) is 3.21. The average Bonchev–Trinajstić information content (AvgIpc) is 2.93. The molecule has 2 aromatic rings. The summed E-state index contributed by atoms with van der Waals surface area (Å²) in [6.07, 6.45) is 2.02. The second-order valence-corrected chi connectivity index (χ2v) is 8.00. The molecule has 8 heteroatoms. The molecule has 152 valence electrons. The number of hydrogen-bond acceptors (Lipinski definition) is 5. The van der Waals surface area contributed by atoms with Gasteiger partial charge in [0.2, 0.25) is 0 Å². The standard InChI is InChI=1S/C21H24N4O3S/c1-21(16-7-5-4-6-8-16)19(27)25(20(28)22-21)23-18(26)14-24(2)13-15-9-11-17(29-3)12-10-15/h4-12H,13-14H2,1-3H3,(H,22,28)(H,23,26)/t21-/m1/s1. The van der Waals surface area contributed by atoms with Crippen LogP contribution in [0.5, 0.6) is 0 Å². The number of imide groups is 1. The predicted octanol–water partition coefficient (Wildman–Crippen LogP) is 2.34. The second-order valence-electron chi connectivity index (χ2n) is 7.12. The molecule has 0 bridgehead atoms. The smallest absolute Gasteiger partial charge is 0.318 e. The van der Waals surface area contributed by atoms with Crippen LogP contribution < -0.4 is 10.7 Å². The first kappa shape index (κ1) is 20.9. The zero-order valence-corrected chi connectivity index (χ0v) is 17.5. The van der Waals surface area contributed by atoms with E-state index < -0.39 is 23.4 Å². The quantitative estimate of drug-likeness (QED) is 0.539. The molecule has 0 saturated carbocycles. The normalized spacial score (nSPS) is 18.8. The number of likely N-dealkylation sites (N-methyl/N-ethyl adjacent to an activating group) is 1. The summed E-state index contributed by atoms with van der Waals surface area (Å²) in [4.78, 5) is 40.5. The van der Waals surface area contributed by atoms with Gasteiger partial charge in [-0.05, 0) is 43.5 Å². The second kappa shape index (κ2) is 8.67. The van der Waals surface area contributed by atoms with Crippen LogP contribution in [0.1, 0.15) is 18.1 Å². The molecule has 7 nitrogen and oxygen atoms in total. The van der Waals surface area contributed by atoms with Gasteiger partial charge in [-0.1, -0.05) is 42.5 Å². The van der Waals surface area contributed by atoms with E-state index in [1.54, 1.807) is 43.0 Å². The van der Waals surface area contributed by atoms with Gasteiger partial charge in [0.05, 0.1) is 6.54 Å². The van der Waals surface area contributed by atoms with Gasteiger partial charge < -0.3 is 5.32 Å². The third-order valence-corrected chi connectivity index (χ3v) is 5.55. The van der Waals surface area contributed by atoms with Crippen molar-refractivity contribution in [3.05, 3.63) is 65.7 Å². The summed E-state index contributed by atoms with van der Waals surface area (Å²) < 4.78 is 0. The number of carbonyl (C=O) groups is 3. The van der Waals surface area contributed by atoms with Gasteiger partial charge in [0, 0.05) is 11.4 Å². The molecule has 0 radical (unpaired) electrons. The van der Waals surface area contributed by atoms with Crippen LogP contribution in [0.15, 0.2) is 59.5 Å². The fraction of sp³-hybridized carbons (Fsp3) is 0.286. The monoisotopic (exact) mass is 412 g/mol. The SMILES string of the molecule is CSc1ccc(CN(C)CC(=O)NN2C(=O)N[C@](C)(c3ccccc3)C2=O)cc1. The highest BCUT2D eigenvalue weighted by molar-refractivity contribution is 7.98. The highest BCUT2D eigenvalue weighted by Gasteiger charge is 2.49. The number of benzene rings is 2. The highest BCUT2D eigenvalue weighted by Crippen LogP contribution is 2.27. The third-order valence-electron chi connectivity index (χ3n) is 4.80. The third kappa shape index (κ3) is 4.60. The molecule has 0 unspecified atom stereocenters. The fourth-order valence-corrected chi connectivity index (χ4v) is 3.62. The molecule has 0 aliphatic carbocycles. The molecule has 0 spiro atoms. The van der Waals surface area contributed by atoms with Crippen molar-refractivity contribution in [2.24, 2.45) is 0 Å². The number of amides is 4. The predicted molar refractivity (Wildman–Crippen MR) is 112 cm³/mol. The van der Waals surface area contributed by atoms with E-state index in [-0.39, 0.29) is 6.54 Å². The molecule has 1 aliphatic heterocycles. The summed E-state index contributed by atoms with van der Waals surface area (Å²) in [5.74, 6) is -0.952. The Morgan fingerprint density at radius 3 is 2.41 bits per heavy atom. The molecule has 1 saturated heterocycles. The molecule has 0 aromatic heterocycles. The Morgan fingerprint density at radius 1 is 1.14 bits per heavy atom. The molecule has 1 atom stereocenters. The van der Waals surface area contributed by atoms with Gasteiger partial charge in [-0.2, -0.15) is 5.01 Å². The van der Waals surface area contributed by atoms with E-state index in [4.69, 9.17) is 0 Å². The van der Waals surface area contributed by atoms with Gasteiger partial charge in [0.1, 0.15) is 5.54 Å². The van der Waals surface area contributed by atoms with Crippen LogP contribution in [0.25, 0.3) is 0 Å². The van der Waals surface area contributed by atoms with Crippen LogP contribution >= 0.6 is 11.8 Å². The van der Waals surface area contributed by atoms with Crippen LogP contribution in [-0.4, -0.2) is 47.6 Å². The van der Waals surface area contributed by atoms with E-state index >= 15 is 0 Å². The largest absolute Gasteiger partial charge is 0.344 e. The van der Waals surface area contributed by atoms with Crippen molar-refractivity contribution in [2.75, 3.05) is 19.8 Å². The average molecular weight is 413 g/mol. The molecule has 3 rings (SSSR count). The lowest BCUT2D eigenvalue weighted by molar-refractivity contribution is -0.139. The van der Waals surface area contributed by atoms with E-state index in [1.165, 1.54) is 4.90 Å². The Kier molecular flexibility index (Phi) is 6.24. The van der Waals surface area contributed by atoms with Gasteiger partial charge in [-0.3, -0.25) is 19.9 Å². The maximum atomic E-state index is 12.8. The minimum atomic E-state index is -1.21. The Balaban J connectivity index is 1.59. The molecule has 1 aliphatic rings. The Labute approximate surface area is 174 Å². The van der Waals surface area contributed by atoms with Crippen LogP contribution in [-0.2, 0) is 21.7 Å². The van der Waals surface area contributed by atoms with Gasteiger partial charge in [0.15, 0.2) is 0 Å². The van der Waals surface area contributed by atoms with Crippen LogP contribution in [0, 0.1) is 0 Å². The number of urea groups is 1. The van der Waals surface area contributed by atoms with Crippen molar-refractivity contribution in [2.45, 2.75) is 23.9 Å². The maximum Gasteiger partial charge on any atom is 0.344 e. The van der Waals surface area contributed by atoms with Gasteiger partial charge in [0.25, 0.3) is 11.8 Å². The van der Waals surface area contributed by atoms with Crippen molar-refractivity contribution >= 4 is 29.6 Å². The van der Waals surface area contributed by atoms with Gasteiger partial charge >= 0.3 is 6.03 Å². The van der Waals surface area contributed by atoms with Gasteiger partial charge in [-0.15, -0.1) is 11.8 Å². The van der Waals surface area contributed by atoms with Crippen molar-refractivity contribution in [1.29, 1.82) is 0 Å². The first-order chi connectivity index (χ1) is 13.8. The molecule has 2 N–H and O–H groups in total. The summed E-state index contributed by atoms with van der Waals surface area (Å²) in [6.45, 7) is 2.24. The number of nitrogens with one attached hydrogen (secondary N) is 2. The number of hydrogen-bond donors (Lipinski definition) is 2. The van der Waals surface area contributed by atoms with Crippen molar-refractivity contribution in [1.82, 2.24) is 20.7 Å². The number of nitrogens with zero attached hydrogens (tertiary/aromatic N) is 2.